The fourth-order valence-electron chi connectivity index (χ4n) is 2.22. The Morgan fingerprint density at radius 2 is 2.00 bits per heavy atom. The van der Waals surface area contributed by atoms with Crippen molar-refractivity contribution in [1.82, 2.24) is 4.98 Å². The molecule has 1 aromatic carbocycles. The zero-order valence-electron chi connectivity index (χ0n) is 15.6. The van der Waals surface area contributed by atoms with E-state index in [1.165, 1.54) is 12.3 Å². The van der Waals surface area contributed by atoms with E-state index < -0.39 is 16.0 Å². The van der Waals surface area contributed by atoms with Crippen LogP contribution in [0.15, 0.2) is 41.3 Å². The number of methoxy groups -OCH3 is 1. The number of aromatic amines is 1. The highest BCUT2D eigenvalue weighted by Gasteiger charge is 2.21. The summed E-state index contributed by atoms with van der Waals surface area (Å²) >= 11 is 0. The summed E-state index contributed by atoms with van der Waals surface area (Å²) in [4.78, 5) is 27.2. The zero-order valence-corrected chi connectivity index (χ0v) is 16.4. The second-order valence-corrected chi connectivity index (χ2v) is 7.68. The van der Waals surface area contributed by atoms with Gasteiger partial charge in [-0.2, -0.15) is 0 Å². The minimum Gasteiger partial charge on any atom is -0.497 e. The van der Waals surface area contributed by atoms with Gasteiger partial charge in [0.1, 0.15) is 11.0 Å². The highest BCUT2D eigenvalue weighted by Crippen LogP contribution is 2.16. The molecule has 0 aliphatic carbocycles. The number of carbonyl (C=O) groups excluding carboxylic acids is 1. The summed E-state index contributed by atoms with van der Waals surface area (Å²) in [5.41, 5.74) is 0.811. The summed E-state index contributed by atoms with van der Waals surface area (Å²) in [5, 5.41) is 1.98. The quantitative estimate of drug-likeness (QED) is 0.683. The maximum atomic E-state index is 12.5. The van der Waals surface area contributed by atoms with E-state index in [4.69, 9.17) is 9.47 Å². The maximum Gasteiger partial charge on any atom is 0.239 e. The maximum absolute atomic E-state index is 12.5. The summed E-state index contributed by atoms with van der Waals surface area (Å²) in [5.74, 6) is 0.626. The normalized spacial score (nSPS) is 12.9. The van der Waals surface area contributed by atoms with Crippen LogP contribution in [0.5, 0.6) is 11.5 Å². The van der Waals surface area contributed by atoms with Crippen molar-refractivity contribution < 1.29 is 18.5 Å². The molecule has 8 heteroatoms. The monoisotopic (exact) mass is 392 g/mol. The molecule has 2 atom stereocenters. The van der Waals surface area contributed by atoms with E-state index in [2.05, 4.69) is 10.3 Å². The molecule has 27 heavy (non-hydrogen) atoms. The van der Waals surface area contributed by atoms with E-state index in [0.717, 1.165) is 6.42 Å². The molecule has 2 N–H and O–H groups in total. The van der Waals surface area contributed by atoms with Gasteiger partial charge in [0.25, 0.3) is 0 Å². The highest BCUT2D eigenvalue weighted by molar-refractivity contribution is 7.85. The van der Waals surface area contributed by atoms with Gasteiger partial charge in [-0.1, -0.05) is 6.92 Å². The summed E-state index contributed by atoms with van der Waals surface area (Å²) in [6, 6.07) is 8.23. The third-order valence-corrected chi connectivity index (χ3v) is 5.42. The van der Waals surface area contributed by atoms with Crippen LogP contribution in [-0.2, 0) is 21.3 Å². The molecular formula is C19H24N2O5S. The van der Waals surface area contributed by atoms with Crippen LogP contribution in [-0.4, -0.2) is 34.1 Å². The molecule has 0 spiro atoms. The SMILES string of the molecule is CCCOc1c[nH]c(CS(=O)C(C)C(=O)Nc2ccc(OC)cc2)cc1=O. The van der Waals surface area contributed by atoms with E-state index in [-0.39, 0.29) is 22.8 Å². The summed E-state index contributed by atoms with van der Waals surface area (Å²) in [7, 11) is 0.0677. The lowest BCUT2D eigenvalue weighted by atomic mass is 10.3. The van der Waals surface area contributed by atoms with Crippen molar-refractivity contribution in [2.24, 2.45) is 0 Å². The number of rotatable bonds is 9. The van der Waals surface area contributed by atoms with Gasteiger partial charge in [-0.3, -0.25) is 13.8 Å². The molecule has 1 aromatic heterocycles. The van der Waals surface area contributed by atoms with Gasteiger partial charge >= 0.3 is 0 Å². The van der Waals surface area contributed by atoms with Crippen LogP contribution in [0.25, 0.3) is 0 Å². The zero-order chi connectivity index (χ0) is 19.8. The number of H-pyrrole nitrogens is 1. The van der Waals surface area contributed by atoms with Gasteiger partial charge in [0.05, 0.1) is 19.5 Å². The van der Waals surface area contributed by atoms with Gasteiger partial charge in [0, 0.05) is 34.4 Å². The predicted molar refractivity (Wildman–Crippen MR) is 106 cm³/mol. The number of pyridine rings is 1. The molecule has 146 valence electrons. The third kappa shape index (κ3) is 5.96. The van der Waals surface area contributed by atoms with Gasteiger partial charge < -0.3 is 19.8 Å². The Morgan fingerprint density at radius 1 is 1.30 bits per heavy atom. The molecule has 0 aliphatic rings. The van der Waals surface area contributed by atoms with Crippen LogP contribution in [0.1, 0.15) is 26.0 Å². The molecule has 7 nitrogen and oxygen atoms in total. The smallest absolute Gasteiger partial charge is 0.239 e. The van der Waals surface area contributed by atoms with E-state index >= 15 is 0 Å². The lowest BCUT2D eigenvalue weighted by molar-refractivity contribution is -0.115. The van der Waals surface area contributed by atoms with Crippen LogP contribution in [0.2, 0.25) is 0 Å². The Labute approximate surface area is 160 Å². The molecule has 1 heterocycles. The molecule has 0 fully saturated rings. The average Bonchev–Trinajstić information content (AvgIpc) is 2.67. The third-order valence-electron chi connectivity index (χ3n) is 3.82. The second kappa shape index (κ2) is 9.91. The van der Waals surface area contributed by atoms with Gasteiger partial charge in [0.15, 0.2) is 5.75 Å². The van der Waals surface area contributed by atoms with Crippen molar-refractivity contribution in [1.29, 1.82) is 0 Å². The van der Waals surface area contributed by atoms with Crippen molar-refractivity contribution in [3.8, 4) is 11.5 Å². The van der Waals surface area contributed by atoms with Crippen molar-refractivity contribution >= 4 is 22.4 Å². The summed E-state index contributed by atoms with van der Waals surface area (Å²) < 4.78 is 22.9. The van der Waals surface area contributed by atoms with E-state index in [1.54, 1.807) is 38.3 Å². The van der Waals surface area contributed by atoms with Crippen LogP contribution in [0.4, 0.5) is 5.69 Å². The topological polar surface area (TPSA) is 97.5 Å². The number of hydrogen-bond acceptors (Lipinski definition) is 5. The molecule has 1 amide bonds. The first kappa shape index (κ1) is 20.7. The van der Waals surface area contributed by atoms with Gasteiger partial charge in [-0.15, -0.1) is 0 Å². The Bertz CT molecular complexity index is 848. The molecular weight excluding hydrogens is 368 g/mol. The molecule has 2 rings (SSSR count). The predicted octanol–water partition coefficient (Wildman–Crippen LogP) is 2.45. The summed E-state index contributed by atoms with van der Waals surface area (Å²) in [6.45, 7) is 3.99. The van der Waals surface area contributed by atoms with Gasteiger partial charge in [-0.25, -0.2) is 0 Å². The first-order chi connectivity index (χ1) is 12.9. The number of carbonyl (C=O) groups is 1. The van der Waals surface area contributed by atoms with Crippen LogP contribution >= 0.6 is 0 Å². The van der Waals surface area contributed by atoms with E-state index in [1.807, 2.05) is 6.92 Å². The lowest BCUT2D eigenvalue weighted by Crippen LogP contribution is -2.30. The van der Waals surface area contributed by atoms with Crippen molar-refractivity contribution in [2.45, 2.75) is 31.3 Å². The first-order valence-corrected chi connectivity index (χ1v) is 9.99. The van der Waals surface area contributed by atoms with Crippen molar-refractivity contribution in [3.05, 3.63) is 52.4 Å². The fraction of sp³-hybridized carbons (Fsp3) is 0.368. The Balaban J connectivity index is 1.96. The molecule has 2 aromatic rings. The highest BCUT2D eigenvalue weighted by atomic mass is 32.2. The number of aromatic nitrogens is 1. The number of ether oxygens (including phenoxy) is 2. The fourth-order valence-corrected chi connectivity index (χ4v) is 3.25. The molecule has 0 radical (unpaired) electrons. The Kier molecular flexibility index (Phi) is 7.60. The molecule has 2 unspecified atom stereocenters. The van der Waals surface area contributed by atoms with Crippen molar-refractivity contribution in [2.75, 3.05) is 19.0 Å². The van der Waals surface area contributed by atoms with E-state index in [9.17, 15) is 13.8 Å². The number of anilines is 1. The van der Waals surface area contributed by atoms with Crippen LogP contribution < -0.4 is 20.2 Å². The van der Waals surface area contributed by atoms with Crippen LogP contribution in [0, 0.1) is 0 Å². The van der Waals surface area contributed by atoms with Crippen LogP contribution in [0.3, 0.4) is 0 Å². The molecule has 0 saturated heterocycles. The number of amides is 1. The first-order valence-electron chi connectivity index (χ1n) is 8.61. The second-order valence-electron chi connectivity index (χ2n) is 5.92. The van der Waals surface area contributed by atoms with Gasteiger partial charge in [-0.05, 0) is 37.6 Å². The number of hydrogen-bond donors (Lipinski definition) is 2. The molecule has 0 saturated carbocycles. The lowest BCUT2D eigenvalue weighted by Gasteiger charge is -2.13. The minimum atomic E-state index is -1.49. The number of nitrogens with one attached hydrogen (secondary N) is 2. The number of benzene rings is 1. The Morgan fingerprint density at radius 3 is 2.59 bits per heavy atom. The van der Waals surface area contributed by atoms with Gasteiger partial charge in [0.2, 0.25) is 11.3 Å². The molecule has 0 bridgehead atoms. The average molecular weight is 392 g/mol. The Hall–Kier alpha value is -2.61. The largest absolute Gasteiger partial charge is 0.497 e. The minimum absolute atomic E-state index is 0.0699. The molecule has 0 aliphatic heterocycles. The standard InChI is InChI=1S/C19H24N2O5S/c1-4-9-26-18-11-20-15(10-17(18)22)12-27(24)13(2)19(23)21-14-5-7-16(25-3)8-6-14/h5-8,10-11,13H,4,9,12H2,1-3H3,(H,20,22)(H,21,23). The van der Waals surface area contributed by atoms with E-state index in [0.29, 0.717) is 23.7 Å². The summed E-state index contributed by atoms with van der Waals surface area (Å²) in [6.07, 6.45) is 2.26. The van der Waals surface area contributed by atoms with Crippen molar-refractivity contribution in [3.63, 3.8) is 0 Å².